The van der Waals surface area contributed by atoms with Crippen molar-refractivity contribution in [3.05, 3.63) is 77.4 Å². The summed E-state index contributed by atoms with van der Waals surface area (Å²) < 4.78 is 10.9. The molecule has 3 aromatic carbocycles. The molecule has 1 amide bonds. The van der Waals surface area contributed by atoms with Crippen LogP contribution in [-0.2, 0) is 10.2 Å². The number of nitrogens with one attached hydrogen (secondary N) is 1. The third-order valence-electron chi connectivity index (χ3n) is 6.03. The Hall–Kier alpha value is -3.27. The standard InChI is InChI=1S/C25H23NO3.H2/c1-16-5-3-4-6-20(16)21-9-8-19(13-17(21)2)26-24(27)25(11-12-25)18-7-10-22-23(14-18)29-15-28-22;/h3-10,13-14H,11-12,15H2,1-2H3,(H,26,27);1H. The van der Waals surface area contributed by atoms with Crippen LogP contribution in [-0.4, -0.2) is 12.7 Å². The second kappa shape index (κ2) is 6.66. The van der Waals surface area contributed by atoms with Crippen LogP contribution in [0.3, 0.4) is 0 Å². The number of hydrogen-bond acceptors (Lipinski definition) is 3. The Kier molecular flexibility index (Phi) is 4.09. The zero-order valence-corrected chi connectivity index (χ0v) is 16.6. The van der Waals surface area contributed by atoms with Crippen molar-refractivity contribution in [2.24, 2.45) is 0 Å². The van der Waals surface area contributed by atoms with Gasteiger partial charge in [-0.3, -0.25) is 4.79 Å². The summed E-state index contributed by atoms with van der Waals surface area (Å²) in [4.78, 5) is 13.1. The molecular formula is C25H25NO3. The second-order valence-corrected chi connectivity index (χ2v) is 7.95. The molecule has 4 heteroatoms. The third kappa shape index (κ3) is 3.05. The van der Waals surface area contributed by atoms with E-state index in [-0.39, 0.29) is 14.1 Å². The average Bonchev–Trinajstić information content (AvgIpc) is 3.40. The molecule has 1 heterocycles. The summed E-state index contributed by atoms with van der Waals surface area (Å²) >= 11 is 0. The van der Waals surface area contributed by atoms with E-state index in [2.05, 4.69) is 49.5 Å². The Bertz CT molecular complexity index is 1120. The van der Waals surface area contributed by atoms with Crippen LogP contribution in [0.2, 0.25) is 0 Å². The lowest BCUT2D eigenvalue weighted by Crippen LogP contribution is -2.27. The Labute approximate surface area is 172 Å². The predicted molar refractivity (Wildman–Crippen MR) is 116 cm³/mol. The molecule has 1 saturated carbocycles. The number of fused-ring (bicyclic) bond motifs is 1. The van der Waals surface area contributed by atoms with Crippen molar-refractivity contribution in [1.29, 1.82) is 0 Å². The molecule has 0 aromatic heterocycles. The van der Waals surface area contributed by atoms with Crippen molar-refractivity contribution in [1.82, 2.24) is 0 Å². The SMILES string of the molecule is Cc1ccccc1-c1ccc(NC(=O)C2(c3ccc4c(c3)OCO4)CC2)cc1C.[HH]. The Morgan fingerprint density at radius 1 is 0.897 bits per heavy atom. The number of hydrogen-bond donors (Lipinski definition) is 1. The number of carbonyl (C=O) groups excluding carboxylic acids is 1. The topological polar surface area (TPSA) is 47.6 Å². The molecule has 0 unspecified atom stereocenters. The lowest BCUT2D eigenvalue weighted by atomic mass is 9.93. The largest absolute Gasteiger partial charge is 0.454 e. The van der Waals surface area contributed by atoms with Gasteiger partial charge in [0.15, 0.2) is 11.5 Å². The van der Waals surface area contributed by atoms with E-state index < -0.39 is 5.41 Å². The fraction of sp³-hybridized carbons (Fsp3) is 0.240. The second-order valence-electron chi connectivity index (χ2n) is 7.95. The van der Waals surface area contributed by atoms with Gasteiger partial charge in [-0.25, -0.2) is 0 Å². The lowest BCUT2D eigenvalue weighted by Gasteiger charge is -2.17. The van der Waals surface area contributed by atoms with E-state index in [0.717, 1.165) is 41.2 Å². The molecule has 5 rings (SSSR count). The highest BCUT2D eigenvalue weighted by Gasteiger charge is 2.51. The van der Waals surface area contributed by atoms with E-state index in [1.807, 2.05) is 30.3 Å². The number of carbonyl (C=O) groups is 1. The predicted octanol–water partition coefficient (Wildman–Crippen LogP) is 5.62. The van der Waals surface area contributed by atoms with Crippen LogP contribution in [0, 0.1) is 13.8 Å². The maximum absolute atomic E-state index is 13.1. The van der Waals surface area contributed by atoms with Crippen LogP contribution in [0.25, 0.3) is 11.1 Å². The van der Waals surface area contributed by atoms with Gasteiger partial charge < -0.3 is 14.8 Å². The molecular weight excluding hydrogens is 362 g/mol. The molecule has 0 atom stereocenters. The van der Waals surface area contributed by atoms with Crippen LogP contribution in [0.1, 0.15) is 31.0 Å². The minimum atomic E-state index is -0.469. The summed E-state index contributed by atoms with van der Waals surface area (Å²) in [7, 11) is 0. The van der Waals surface area contributed by atoms with Gasteiger partial charge in [-0.2, -0.15) is 0 Å². The first-order valence-electron chi connectivity index (χ1n) is 9.95. The van der Waals surface area contributed by atoms with Crippen LogP contribution in [0.5, 0.6) is 11.5 Å². The van der Waals surface area contributed by atoms with Gasteiger partial charge in [0, 0.05) is 7.11 Å². The van der Waals surface area contributed by atoms with Crippen molar-refractivity contribution in [3.8, 4) is 22.6 Å². The molecule has 1 aliphatic heterocycles. The normalized spacial score (nSPS) is 15.8. The van der Waals surface area contributed by atoms with E-state index in [1.165, 1.54) is 16.7 Å². The summed E-state index contributed by atoms with van der Waals surface area (Å²) in [6.07, 6.45) is 1.69. The first-order valence-corrected chi connectivity index (χ1v) is 9.95. The fourth-order valence-electron chi connectivity index (χ4n) is 4.14. The van der Waals surface area contributed by atoms with Gasteiger partial charge >= 0.3 is 0 Å². The van der Waals surface area contributed by atoms with Gasteiger partial charge in [0.05, 0.1) is 5.41 Å². The Morgan fingerprint density at radius 2 is 1.66 bits per heavy atom. The minimum absolute atomic E-state index is 0. The van der Waals surface area contributed by atoms with Crippen LogP contribution in [0.4, 0.5) is 5.69 Å². The number of amides is 1. The van der Waals surface area contributed by atoms with Crippen molar-refractivity contribution < 1.29 is 15.7 Å². The van der Waals surface area contributed by atoms with Crippen LogP contribution >= 0.6 is 0 Å². The van der Waals surface area contributed by atoms with Crippen LogP contribution < -0.4 is 14.8 Å². The highest BCUT2D eigenvalue weighted by Crippen LogP contribution is 2.51. The first kappa shape index (κ1) is 17.8. The van der Waals surface area contributed by atoms with Gasteiger partial charge in [0.2, 0.25) is 12.7 Å². The van der Waals surface area contributed by atoms with Crippen molar-refractivity contribution >= 4 is 11.6 Å². The molecule has 29 heavy (non-hydrogen) atoms. The van der Waals surface area contributed by atoms with E-state index in [1.54, 1.807) is 0 Å². The quantitative estimate of drug-likeness (QED) is 0.632. The maximum Gasteiger partial charge on any atom is 0.235 e. The molecule has 148 valence electrons. The summed E-state index contributed by atoms with van der Waals surface area (Å²) in [5, 5.41) is 3.13. The molecule has 1 aliphatic carbocycles. The smallest absolute Gasteiger partial charge is 0.235 e. The molecule has 0 bridgehead atoms. The maximum atomic E-state index is 13.1. The average molecular weight is 387 g/mol. The highest BCUT2D eigenvalue weighted by molar-refractivity contribution is 6.01. The lowest BCUT2D eigenvalue weighted by molar-refractivity contribution is -0.118. The summed E-state index contributed by atoms with van der Waals surface area (Å²) in [5.41, 5.74) is 6.16. The summed E-state index contributed by atoms with van der Waals surface area (Å²) in [5.74, 6) is 1.51. The molecule has 0 saturated heterocycles. The summed E-state index contributed by atoms with van der Waals surface area (Å²) in [6.45, 7) is 4.44. The van der Waals surface area contributed by atoms with E-state index in [0.29, 0.717) is 0 Å². The van der Waals surface area contributed by atoms with E-state index >= 15 is 0 Å². The number of anilines is 1. The highest BCUT2D eigenvalue weighted by atomic mass is 16.7. The number of benzene rings is 3. The molecule has 0 radical (unpaired) electrons. The first-order chi connectivity index (χ1) is 14.1. The van der Waals surface area contributed by atoms with Gasteiger partial charge in [0.1, 0.15) is 0 Å². The molecule has 2 aliphatic rings. The third-order valence-corrected chi connectivity index (χ3v) is 6.03. The number of rotatable bonds is 4. The number of aryl methyl sites for hydroxylation is 2. The minimum Gasteiger partial charge on any atom is -0.454 e. The molecule has 1 N–H and O–H groups in total. The monoisotopic (exact) mass is 387 g/mol. The van der Waals surface area contributed by atoms with E-state index in [4.69, 9.17) is 9.47 Å². The Balaban J connectivity index is 0.00000218. The zero-order chi connectivity index (χ0) is 20.0. The molecule has 1 fully saturated rings. The fourth-order valence-corrected chi connectivity index (χ4v) is 4.14. The van der Waals surface area contributed by atoms with E-state index in [9.17, 15) is 4.79 Å². The zero-order valence-electron chi connectivity index (χ0n) is 16.6. The van der Waals surface area contributed by atoms with Crippen molar-refractivity contribution in [3.63, 3.8) is 0 Å². The van der Waals surface area contributed by atoms with Gasteiger partial charge in [-0.05, 0) is 78.8 Å². The van der Waals surface area contributed by atoms with Crippen LogP contribution in [0.15, 0.2) is 60.7 Å². The van der Waals surface area contributed by atoms with Crippen molar-refractivity contribution in [2.45, 2.75) is 32.1 Å². The molecule has 3 aromatic rings. The Morgan fingerprint density at radius 3 is 2.41 bits per heavy atom. The summed E-state index contributed by atoms with van der Waals surface area (Å²) in [6, 6.07) is 20.3. The molecule has 0 spiro atoms. The van der Waals surface area contributed by atoms with Gasteiger partial charge in [-0.1, -0.05) is 36.4 Å². The molecule has 4 nitrogen and oxygen atoms in total. The van der Waals surface area contributed by atoms with Crippen molar-refractivity contribution in [2.75, 3.05) is 12.1 Å². The number of ether oxygens (including phenoxy) is 2. The van der Waals surface area contributed by atoms with Gasteiger partial charge in [-0.15, -0.1) is 0 Å². The van der Waals surface area contributed by atoms with Gasteiger partial charge in [0.25, 0.3) is 0 Å².